The number of anilines is 1. The van der Waals surface area contributed by atoms with Gasteiger partial charge in [0.15, 0.2) is 5.78 Å². The third-order valence-electron chi connectivity index (χ3n) is 3.47. The van der Waals surface area contributed by atoms with Gasteiger partial charge in [0.25, 0.3) is 11.2 Å². The molecule has 8 nitrogen and oxygen atoms in total. The lowest BCUT2D eigenvalue weighted by molar-refractivity contribution is -0.385. The summed E-state index contributed by atoms with van der Waals surface area (Å²) in [7, 11) is 0. The maximum atomic E-state index is 12.3. The number of benzene rings is 1. The molecule has 0 aliphatic rings. The molecule has 24 heavy (non-hydrogen) atoms. The Hall–Kier alpha value is -3.29. The number of ketones is 1. The second kappa shape index (κ2) is 6.86. The largest absolute Gasteiger partial charge is 0.324 e. The molecule has 0 radical (unpaired) electrons. The zero-order valence-corrected chi connectivity index (χ0v) is 13.1. The molecule has 1 aromatic carbocycles. The van der Waals surface area contributed by atoms with Crippen LogP contribution < -0.4 is 10.9 Å². The van der Waals surface area contributed by atoms with Crippen molar-refractivity contribution in [2.45, 2.75) is 19.9 Å². The van der Waals surface area contributed by atoms with Gasteiger partial charge < -0.3 is 5.32 Å². The molecule has 8 heteroatoms. The van der Waals surface area contributed by atoms with E-state index in [1.165, 1.54) is 19.9 Å². The molecule has 0 unspecified atom stereocenters. The maximum absolute atomic E-state index is 12.3. The van der Waals surface area contributed by atoms with Crippen LogP contribution in [0.25, 0.3) is 0 Å². The van der Waals surface area contributed by atoms with Gasteiger partial charge in [-0.05, 0) is 26.0 Å². The van der Waals surface area contributed by atoms with Gasteiger partial charge in [0.2, 0.25) is 5.91 Å². The van der Waals surface area contributed by atoms with Crippen molar-refractivity contribution in [3.05, 3.63) is 68.6 Å². The zero-order chi connectivity index (χ0) is 17.9. The number of pyridine rings is 1. The van der Waals surface area contributed by atoms with E-state index in [-0.39, 0.29) is 11.5 Å². The quantitative estimate of drug-likeness (QED) is 0.513. The van der Waals surface area contributed by atoms with Crippen molar-refractivity contribution in [3.8, 4) is 0 Å². The van der Waals surface area contributed by atoms with E-state index >= 15 is 0 Å². The Kier molecular flexibility index (Phi) is 4.88. The molecule has 0 saturated carbocycles. The van der Waals surface area contributed by atoms with Crippen molar-refractivity contribution in [2.75, 3.05) is 5.32 Å². The van der Waals surface area contributed by atoms with Crippen LogP contribution in [0.2, 0.25) is 0 Å². The first-order chi connectivity index (χ1) is 11.3. The highest BCUT2D eigenvalue weighted by Crippen LogP contribution is 2.15. The number of rotatable bonds is 5. The van der Waals surface area contributed by atoms with Gasteiger partial charge in [0.1, 0.15) is 6.04 Å². The summed E-state index contributed by atoms with van der Waals surface area (Å²) < 4.78 is 0.988. The van der Waals surface area contributed by atoms with E-state index in [4.69, 9.17) is 0 Å². The van der Waals surface area contributed by atoms with Gasteiger partial charge in [0, 0.05) is 23.4 Å². The zero-order valence-electron chi connectivity index (χ0n) is 13.1. The number of carbonyl (C=O) groups excluding carboxylic acids is 2. The highest BCUT2D eigenvalue weighted by Gasteiger charge is 2.19. The van der Waals surface area contributed by atoms with Crippen molar-refractivity contribution in [1.82, 2.24) is 4.57 Å². The van der Waals surface area contributed by atoms with Crippen LogP contribution in [0, 0.1) is 10.1 Å². The number of nitro groups is 1. The molecule has 0 saturated heterocycles. The Labute approximate surface area is 136 Å². The first-order valence-corrected chi connectivity index (χ1v) is 7.08. The number of Topliss-reactive ketones (excluding diaryl/α,β-unsaturated/α-hetero) is 1. The number of amides is 1. The van der Waals surface area contributed by atoms with Crippen LogP contribution in [0.15, 0.2) is 47.4 Å². The third kappa shape index (κ3) is 3.72. The van der Waals surface area contributed by atoms with Gasteiger partial charge in [-0.2, -0.15) is 0 Å². The fourth-order valence-corrected chi connectivity index (χ4v) is 2.09. The predicted octanol–water partition coefficient (Wildman–Crippen LogP) is 2.16. The number of hydrogen-bond donors (Lipinski definition) is 1. The van der Waals surface area contributed by atoms with Gasteiger partial charge in [-0.15, -0.1) is 0 Å². The maximum Gasteiger partial charge on any atom is 0.285 e. The van der Waals surface area contributed by atoms with Crippen molar-refractivity contribution < 1.29 is 14.5 Å². The fourth-order valence-electron chi connectivity index (χ4n) is 2.09. The molecule has 124 valence electrons. The lowest BCUT2D eigenvalue weighted by Crippen LogP contribution is -2.31. The van der Waals surface area contributed by atoms with Gasteiger partial charge in [0.05, 0.1) is 11.1 Å². The summed E-state index contributed by atoms with van der Waals surface area (Å²) in [5.41, 5.74) is 0.0274. The lowest BCUT2D eigenvalue weighted by atomic mass is 10.1. The Morgan fingerprint density at radius 2 is 1.96 bits per heavy atom. The Morgan fingerprint density at radius 1 is 1.25 bits per heavy atom. The summed E-state index contributed by atoms with van der Waals surface area (Å²) in [6, 6.07) is 7.52. The molecule has 0 aliphatic carbocycles. The van der Waals surface area contributed by atoms with Gasteiger partial charge in [-0.3, -0.25) is 29.1 Å². The van der Waals surface area contributed by atoms with Crippen LogP contribution in [0.4, 0.5) is 11.4 Å². The van der Waals surface area contributed by atoms with Gasteiger partial charge in [-0.1, -0.05) is 12.1 Å². The normalized spacial score (nSPS) is 11.6. The molecule has 0 fully saturated rings. The van der Waals surface area contributed by atoms with Crippen molar-refractivity contribution >= 4 is 23.1 Å². The van der Waals surface area contributed by atoms with Crippen LogP contribution in [0.1, 0.15) is 30.2 Å². The van der Waals surface area contributed by atoms with E-state index in [1.54, 1.807) is 18.2 Å². The molecule has 2 aromatic rings. The van der Waals surface area contributed by atoms with Crippen LogP contribution in [0.3, 0.4) is 0 Å². The van der Waals surface area contributed by atoms with E-state index < -0.39 is 22.4 Å². The lowest BCUT2D eigenvalue weighted by Gasteiger charge is -2.15. The number of aromatic nitrogens is 1. The number of hydrogen-bond acceptors (Lipinski definition) is 5. The molecule has 0 spiro atoms. The second-order valence-electron chi connectivity index (χ2n) is 5.19. The molecular weight excluding hydrogens is 314 g/mol. The van der Waals surface area contributed by atoms with E-state index in [0.717, 1.165) is 22.9 Å². The second-order valence-corrected chi connectivity index (χ2v) is 5.19. The molecule has 0 bridgehead atoms. The first-order valence-electron chi connectivity index (χ1n) is 7.08. The summed E-state index contributed by atoms with van der Waals surface area (Å²) in [6.45, 7) is 2.86. The Balaban J connectivity index is 2.26. The monoisotopic (exact) mass is 329 g/mol. The van der Waals surface area contributed by atoms with Crippen LogP contribution in [-0.2, 0) is 4.79 Å². The minimum Gasteiger partial charge on any atom is -0.324 e. The molecule has 1 aromatic heterocycles. The molecule has 2 rings (SSSR count). The van der Waals surface area contributed by atoms with Gasteiger partial charge >= 0.3 is 0 Å². The summed E-state index contributed by atoms with van der Waals surface area (Å²) >= 11 is 0. The van der Waals surface area contributed by atoms with Crippen molar-refractivity contribution in [3.63, 3.8) is 0 Å². The van der Waals surface area contributed by atoms with Crippen LogP contribution in [-0.4, -0.2) is 21.2 Å². The number of carbonyl (C=O) groups is 2. The minimum absolute atomic E-state index is 0.144. The average molecular weight is 329 g/mol. The molecule has 0 aliphatic heterocycles. The number of nitrogens with zero attached hydrogens (tertiary/aromatic N) is 2. The molecule has 1 atom stereocenters. The van der Waals surface area contributed by atoms with E-state index in [1.807, 2.05) is 0 Å². The molecular formula is C16H15N3O5. The summed E-state index contributed by atoms with van der Waals surface area (Å²) in [6.07, 6.45) is 1.03. The first kappa shape index (κ1) is 17.1. The van der Waals surface area contributed by atoms with Crippen LogP contribution in [0.5, 0.6) is 0 Å². The summed E-state index contributed by atoms with van der Waals surface area (Å²) in [5, 5.41) is 13.4. The molecule has 1 heterocycles. The standard InChI is InChI=1S/C16H15N3O5/c1-10(18-9-14(19(23)24)6-7-15(18)21)16(22)17-13-5-3-4-12(8-13)11(2)20/h3-10H,1-2H3,(H,17,22)/t10-/m0/s1. The van der Waals surface area contributed by atoms with Crippen molar-refractivity contribution in [2.24, 2.45) is 0 Å². The highest BCUT2D eigenvalue weighted by atomic mass is 16.6. The Bertz CT molecular complexity index is 872. The van der Waals surface area contributed by atoms with E-state index in [2.05, 4.69) is 5.32 Å². The van der Waals surface area contributed by atoms with Crippen LogP contribution >= 0.6 is 0 Å². The summed E-state index contributed by atoms with van der Waals surface area (Å²) in [4.78, 5) is 45.7. The average Bonchev–Trinajstić information content (AvgIpc) is 2.54. The predicted molar refractivity (Wildman–Crippen MR) is 87.1 cm³/mol. The topological polar surface area (TPSA) is 111 Å². The third-order valence-corrected chi connectivity index (χ3v) is 3.47. The van der Waals surface area contributed by atoms with Gasteiger partial charge in [-0.25, -0.2) is 0 Å². The number of nitrogens with one attached hydrogen (secondary N) is 1. The smallest absolute Gasteiger partial charge is 0.285 e. The molecule has 1 N–H and O–H groups in total. The van der Waals surface area contributed by atoms with E-state index in [0.29, 0.717) is 11.3 Å². The van der Waals surface area contributed by atoms with E-state index in [9.17, 15) is 24.5 Å². The summed E-state index contributed by atoms with van der Waals surface area (Å²) in [5.74, 6) is -0.674. The fraction of sp³-hybridized carbons (Fsp3) is 0.188. The van der Waals surface area contributed by atoms with Crippen molar-refractivity contribution in [1.29, 1.82) is 0 Å². The molecule has 1 amide bonds. The minimum atomic E-state index is -0.960. The SMILES string of the molecule is CC(=O)c1cccc(NC(=O)[C@H](C)n2cc([N+](=O)[O-])ccc2=O)c1. The Morgan fingerprint density at radius 3 is 2.58 bits per heavy atom. The highest BCUT2D eigenvalue weighted by molar-refractivity contribution is 5.97.